The molecule has 0 N–H and O–H groups in total. The molecule has 1 atom stereocenters. The van der Waals surface area contributed by atoms with Crippen molar-refractivity contribution in [1.82, 2.24) is 0 Å². The number of esters is 1. The van der Waals surface area contributed by atoms with E-state index >= 15 is 0 Å². The summed E-state index contributed by atoms with van der Waals surface area (Å²) in [6.07, 6.45) is -1.17. The molecule has 1 fully saturated rings. The highest BCUT2D eigenvalue weighted by atomic mass is 19.3. The fourth-order valence-electron chi connectivity index (χ4n) is 2.44. The first-order valence-electron chi connectivity index (χ1n) is 6.82. The first-order valence-corrected chi connectivity index (χ1v) is 6.82. The highest BCUT2D eigenvalue weighted by Crippen LogP contribution is 2.35. The van der Waals surface area contributed by atoms with Gasteiger partial charge in [-0.2, -0.15) is 0 Å². The molecule has 1 aliphatic rings. The molecular weight excluding hydrogens is 288 g/mol. The molecule has 2 nitrogen and oxygen atoms in total. The minimum atomic E-state index is -2.72. The van der Waals surface area contributed by atoms with Crippen molar-refractivity contribution < 1.29 is 27.1 Å². The van der Waals surface area contributed by atoms with E-state index in [-0.39, 0.29) is 31.2 Å². The van der Waals surface area contributed by atoms with Crippen LogP contribution in [-0.2, 0) is 9.53 Å². The van der Waals surface area contributed by atoms with Gasteiger partial charge in [-0.25, -0.2) is 17.6 Å². The molecule has 0 heterocycles. The van der Waals surface area contributed by atoms with Crippen molar-refractivity contribution in [2.45, 2.75) is 50.6 Å². The summed E-state index contributed by atoms with van der Waals surface area (Å²) < 4.78 is 58.3. The highest BCUT2D eigenvalue weighted by Gasteiger charge is 2.37. The van der Waals surface area contributed by atoms with Gasteiger partial charge in [0.1, 0.15) is 17.7 Å². The maximum atomic E-state index is 13.6. The second-order valence-corrected chi connectivity index (χ2v) is 5.35. The highest BCUT2D eigenvalue weighted by molar-refractivity contribution is 5.78. The van der Waals surface area contributed by atoms with Crippen molar-refractivity contribution in [2.24, 2.45) is 0 Å². The molecule has 1 aromatic rings. The molecule has 0 spiro atoms. The quantitative estimate of drug-likeness (QED) is 0.618. The van der Waals surface area contributed by atoms with E-state index in [1.807, 2.05) is 0 Å². The van der Waals surface area contributed by atoms with E-state index in [9.17, 15) is 22.4 Å². The standard InChI is InChI=1S/C15H16F4O2/c1-9(13-11(16)3-2-4-12(13)17)14(20)21-10-5-7-15(18,19)8-6-10/h2-4,9-10H,5-8H2,1H3. The zero-order valence-electron chi connectivity index (χ0n) is 11.5. The molecule has 21 heavy (non-hydrogen) atoms. The third-order valence-electron chi connectivity index (χ3n) is 3.73. The van der Waals surface area contributed by atoms with Crippen molar-refractivity contribution >= 4 is 5.97 Å². The van der Waals surface area contributed by atoms with Crippen molar-refractivity contribution in [1.29, 1.82) is 0 Å². The Morgan fingerprint density at radius 1 is 1.24 bits per heavy atom. The van der Waals surface area contributed by atoms with Gasteiger partial charge in [0.2, 0.25) is 5.92 Å². The van der Waals surface area contributed by atoms with Crippen LogP contribution in [-0.4, -0.2) is 18.0 Å². The van der Waals surface area contributed by atoms with Gasteiger partial charge in [0, 0.05) is 18.4 Å². The van der Waals surface area contributed by atoms with Crippen LogP contribution in [0.2, 0.25) is 0 Å². The lowest BCUT2D eigenvalue weighted by atomic mass is 9.94. The molecule has 116 valence electrons. The Balaban J connectivity index is 2.01. The number of rotatable bonds is 3. The second-order valence-electron chi connectivity index (χ2n) is 5.35. The summed E-state index contributed by atoms with van der Waals surface area (Å²) in [6.45, 7) is 1.33. The number of alkyl halides is 2. The molecule has 0 aromatic heterocycles. The van der Waals surface area contributed by atoms with E-state index < -0.39 is 35.5 Å². The molecule has 0 saturated heterocycles. The summed E-state index contributed by atoms with van der Waals surface area (Å²) >= 11 is 0. The first kappa shape index (κ1) is 15.8. The molecular formula is C15H16F4O2. The van der Waals surface area contributed by atoms with Gasteiger partial charge < -0.3 is 4.74 Å². The molecule has 0 aliphatic heterocycles. The Hall–Kier alpha value is -1.59. The van der Waals surface area contributed by atoms with Crippen LogP contribution in [0.5, 0.6) is 0 Å². The van der Waals surface area contributed by atoms with Crippen molar-refractivity contribution in [2.75, 3.05) is 0 Å². The van der Waals surface area contributed by atoms with Crippen LogP contribution in [0.4, 0.5) is 17.6 Å². The molecule has 1 unspecified atom stereocenters. The molecule has 0 amide bonds. The monoisotopic (exact) mass is 304 g/mol. The first-order chi connectivity index (χ1) is 9.80. The Labute approximate surface area is 120 Å². The van der Waals surface area contributed by atoms with Crippen LogP contribution >= 0.6 is 0 Å². The predicted octanol–water partition coefficient (Wildman–Crippen LogP) is 4.19. The lowest BCUT2D eigenvalue weighted by Crippen LogP contribution is -2.31. The van der Waals surface area contributed by atoms with Crippen molar-refractivity contribution in [3.05, 3.63) is 35.4 Å². The van der Waals surface area contributed by atoms with Gasteiger partial charge in [-0.1, -0.05) is 6.07 Å². The van der Waals surface area contributed by atoms with E-state index in [1.165, 1.54) is 13.0 Å². The average molecular weight is 304 g/mol. The fourth-order valence-corrected chi connectivity index (χ4v) is 2.44. The smallest absolute Gasteiger partial charge is 0.313 e. The van der Waals surface area contributed by atoms with Gasteiger partial charge >= 0.3 is 5.97 Å². The van der Waals surface area contributed by atoms with Gasteiger partial charge in [0.25, 0.3) is 0 Å². The number of ether oxygens (including phenoxy) is 1. The number of carbonyl (C=O) groups is 1. The van der Waals surface area contributed by atoms with Crippen LogP contribution < -0.4 is 0 Å². The van der Waals surface area contributed by atoms with E-state index in [0.29, 0.717) is 0 Å². The molecule has 2 rings (SSSR count). The summed E-state index contributed by atoms with van der Waals surface area (Å²) in [6, 6.07) is 3.32. The van der Waals surface area contributed by atoms with Gasteiger partial charge in [0.05, 0.1) is 5.92 Å². The molecule has 1 saturated carbocycles. The number of hydrogen-bond acceptors (Lipinski definition) is 2. The molecule has 1 aromatic carbocycles. The number of carbonyl (C=O) groups excluding carboxylic acids is 1. The number of benzene rings is 1. The van der Waals surface area contributed by atoms with Crippen LogP contribution in [0, 0.1) is 11.6 Å². The minimum Gasteiger partial charge on any atom is -0.462 e. The van der Waals surface area contributed by atoms with Crippen molar-refractivity contribution in [3.8, 4) is 0 Å². The SMILES string of the molecule is CC(C(=O)OC1CCC(F)(F)CC1)c1c(F)cccc1F. The van der Waals surface area contributed by atoms with E-state index in [4.69, 9.17) is 4.74 Å². The summed E-state index contributed by atoms with van der Waals surface area (Å²) in [7, 11) is 0. The Morgan fingerprint density at radius 2 is 1.76 bits per heavy atom. The Kier molecular flexibility index (Phi) is 4.54. The predicted molar refractivity (Wildman–Crippen MR) is 68.1 cm³/mol. The minimum absolute atomic E-state index is 0.0607. The number of halogens is 4. The van der Waals surface area contributed by atoms with Crippen molar-refractivity contribution in [3.63, 3.8) is 0 Å². The van der Waals surface area contributed by atoms with Gasteiger partial charge in [-0.15, -0.1) is 0 Å². The van der Waals surface area contributed by atoms with Crippen LogP contribution in [0.3, 0.4) is 0 Å². The molecule has 1 aliphatic carbocycles. The van der Waals surface area contributed by atoms with Crippen LogP contribution in [0.25, 0.3) is 0 Å². The zero-order chi connectivity index (χ0) is 15.6. The summed E-state index contributed by atoms with van der Waals surface area (Å²) in [5, 5.41) is 0. The maximum absolute atomic E-state index is 13.6. The van der Waals surface area contributed by atoms with Crippen LogP contribution in [0.1, 0.15) is 44.1 Å². The van der Waals surface area contributed by atoms with E-state index in [0.717, 1.165) is 12.1 Å². The van der Waals surface area contributed by atoms with Gasteiger partial charge in [-0.05, 0) is 31.9 Å². The largest absolute Gasteiger partial charge is 0.462 e. The van der Waals surface area contributed by atoms with Crippen LogP contribution in [0.15, 0.2) is 18.2 Å². The summed E-state index contributed by atoms with van der Waals surface area (Å²) in [5.74, 6) is -6.28. The topological polar surface area (TPSA) is 26.3 Å². The lowest BCUT2D eigenvalue weighted by Gasteiger charge is -2.28. The third-order valence-corrected chi connectivity index (χ3v) is 3.73. The lowest BCUT2D eigenvalue weighted by molar-refractivity contribution is -0.156. The maximum Gasteiger partial charge on any atom is 0.313 e. The Morgan fingerprint density at radius 3 is 2.29 bits per heavy atom. The van der Waals surface area contributed by atoms with E-state index in [1.54, 1.807) is 0 Å². The fraction of sp³-hybridized carbons (Fsp3) is 0.533. The normalized spacial score (nSPS) is 20.0. The second kappa shape index (κ2) is 6.03. The van der Waals surface area contributed by atoms with Gasteiger partial charge in [-0.3, -0.25) is 4.79 Å². The zero-order valence-corrected chi connectivity index (χ0v) is 11.5. The molecule has 0 radical (unpaired) electrons. The summed E-state index contributed by atoms with van der Waals surface area (Å²) in [5.41, 5.74) is -0.358. The number of hydrogen-bond donors (Lipinski definition) is 0. The van der Waals surface area contributed by atoms with E-state index in [2.05, 4.69) is 0 Å². The average Bonchev–Trinajstić information content (AvgIpc) is 2.40. The molecule has 0 bridgehead atoms. The Bertz CT molecular complexity index is 500. The molecule has 6 heteroatoms. The van der Waals surface area contributed by atoms with Gasteiger partial charge in [0.15, 0.2) is 0 Å². The summed E-state index contributed by atoms with van der Waals surface area (Å²) in [4.78, 5) is 11.9. The third kappa shape index (κ3) is 3.74.